The van der Waals surface area contributed by atoms with Gasteiger partial charge < -0.3 is 14.5 Å². The Morgan fingerprint density at radius 2 is 1.72 bits per heavy atom. The van der Waals surface area contributed by atoms with Crippen LogP contribution in [0.4, 0.5) is 5.69 Å². The van der Waals surface area contributed by atoms with E-state index in [1.54, 1.807) is 24.1 Å². The molecule has 3 aromatic rings. The Balaban J connectivity index is 1.57. The Morgan fingerprint density at radius 3 is 2.38 bits per heavy atom. The number of fused-ring (bicyclic) bond motifs is 1. The number of aromatic nitrogens is 2. The number of rotatable bonds is 6. The van der Waals surface area contributed by atoms with Crippen molar-refractivity contribution in [3.05, 3.63) is 70.1 Å². The van der Waals surface area contributed by atoms with E-state index in [-0.39, 0.29) is 17.4 Å². The highest BCUT2D eigenvalue weighted by molar-refractivity contribution is 6.04. The number of benzene rings is 2. The molecule has 32 heavy (non-hydrogen) atoms. The van der Waals surface area contributed by atoms with Crippen molar-refractivity contribution in [2.75, 3.05) is 38.3 Å². The van der Waals surface area contributed by atoms with E-state index >= 15 is 0 Å². The normalized spacial score (nSPS) is 14.2. The summed E-state index contributed by atoms with van der Waals surface area (Å²) in [6, 6.07) is 15.5. The summed E-state index contributed by atoms with van der Waals surface area (Å²) in [5.41, 5.74) is 2.36. The van der Waals surface area contributed by atoms with Gasteiger partial charge in [-0.2, -0.15) is 5.10 Å². The average Bonchev–Trinajstić information content (AvgIpc) is 2.81. The van der Waals surface area contributed by atoms with Crippen LogP contribution in [0.2, 0.25) is 0 Å². The number of carbonyl (C=O) groups excluding carboxylic acids is 1. The number of amides is 1. The number of ether oxygens (including phenoxy) is 1. The van der Waals surface area contributed by atoms with Gasteiger partial charge in [0.25, 0.3) is 11.5 Å². The lowest BCUT2D eigenvalue weighted by Crippen LogP contribution is -2.36. The Morgan fingerprint density at radius 1 is 1.06 bits per heavy atom. The van der Waals surface area contributed by atoms with Crippen LogP contribution in [0.5, 0.6) is 0 Å². The van der Waals surface area contributed by atoms with Gasteiger partial charge in [-0.3, -0.25) is 9.59 Å². The standard InChI is InChI=1S/C25H30N4O3/c1-18(2)16-29-24(30)22-7-5-4-6-21(22)23(26-29)25(31)27(3)17-19-8-10-20(11-9-19)28-12-14-32-15-13-28/h4-11,18H,12-17H2,1-3H3. The van der Waals surface area contributed by atoms with Crippen molar-refractivity contribution in [1.82, 2.24) is 14.7 Å². The second kappa shape index (κ2) is 9.53. The molecule has 0 atom stereocenters. The molecule has 0 spiro atoms. The van der Waals surface area contributed by atoms with Crippen LogP contribution in [0.15, 0.2) is 53.3 Å². The first-order valence-corrected chi connectivity index (χ1v) is 11.1. The van der Waals surface area contributed by atoms with Crippen LogP contribution >= 0.6 is 0 Å². The summed E-state index contributed by atoms with van der Waals surface area (Å²) in [6.07, 6.45) is 0. The van der Waals surface area contributed by atoms with Crippen molar-refractivity contribution >= 4 is 22.4 Å². The van der Waals surface area contributed by atoms with Crippen molar-refractivity contribution in [3.63, 3.8) is 0 Å². The number of hydrogen-bond acceptors (Lipinski definition) is 5. The molecule has 4 rings (SSSR count). The molecule has 0 radical (unpaired) electrons. The van der Waals surface area contributed by atoms with Crippen molar-refractivity contribution in [2.24, 2.45) is 5.92 Å². The van der Waals surface area contributed by atoms with Crippen LogP contribution in [0.25, 0.3) is 10.8 Å². The molecule has 1 aliphatic rings. The maximum Gasteiger partial charge on any atom is 0.274 e. The zero-order valence-electron chi connectivity index (χ0n) is 19.0. The second-order valence-electron chi connectivity index (χ2n) is 8.70. The highest BCUT2D eigenvalue weighted by Gasteiger charge is 2.20. The molecule has 0 bridgehead atoms. The van der Waals surface area contributed by atoms with Gasteiger partial charge in [0.2, 0.25) is 0 Å². The Bertz CT molecular complexity index is 1150. The molecule has 1 amide bonds. The predicted molar refractivity (Wildman–Crippen MR) is 126 cm³/mol. The molecule has 2 aromatic carbocycles. The van der Waals surface area contributed by atoms with Gasteiger partial charge in [0, 0.05) is 44.3 Å². The van der Waals surface area contributed by atoms with Gasteiger partial charge in [0.1, 0.15) is 0 Å². The summed E-state index contributed by atoms with van der Waals surface area (Å²) in [5.74, 6) is 0.0444. The molecule has 2 heterocycles. The summed E-state index contributed by atoms with van der Waals surface area (Å²) >= 11 is 0. The molecule has 1 saturated heterocycles. The van der Waals surface area contributed by atoms with Crippen LogP contribution < -0.4 is 10.5 Å². The van der Waals surface area contributed by atoms with Gasteiger partial charge in [0.05, 0.1) is 18.6 Å². The fourth-order valence-electron chi connectivity index (χ4n) is 4.02. The van der Waals surface area contributed by atoms with E-state index in [0.717, 1.165) is 31.9 Å². The smallest absolute Gasteiger partial charge is 0.274 e. The number of anilines is 1. The van der Waals surface area contributed by atoms with Crippen LogP contribution in [0.3, 0.4) is 0 Å². The lowest BCUT2D eigenvalue weighted by atomic mass is 10.1. The Kier molecular flexibility index (Phi) is 6.55. The summed E-state index contributed by atoms with van der Waals surface area (Å²) in [4.78, 5) is 30.1. The lowest BCUT2D eigenvalue weighted by Gasteiger charge is -2.29. The van der Waals surface area contributed by atoms with Gasteiger partial charge >= 0.3 is 0 Å². The first-order valence-electron chi connectivity index (χ1n) is 11.1. The number of morpholine rings is 1. The summed E-state index contributed by atoms with van der Waals surface area (Å²) < 4.78 is 6.84. The van der Waals surface area contributed by atoms with Gasteiger partial charge in [-0.05, 0) is 29.7 Å². The van der Waals surface area contributed by atoms with Crippen LogP contribution in [-0.2, 0) is 17.8 Å². The van der Waals surface area contributed by atoms with Crippen LogP contribution in [0, 0.1) is 5.92 Å². The van der Waals surface area contributed by atoms with E-state index in [1.807, 2.05) is 26.0 Å². The fraction of sp³-hybridized carbons (Fsp3) is 0.400. The van der Waals surface area contributed by atoms with E-state index in [2.05, 4.69) is 34.3 Å². The van der Waals surface area contributed by atoms with E-state index in [0.29, 0.717) is 29.6 Å². The minimum atomic E-state index is -0.198. The maximum atomic E-state index is 13.4. The molecule has 0 N–H and O–H groups in total. The predicted octanol–water partition coefficient (Wildman–Crippen LogP) is 3.16. The van der Waals surface area contributed by atoms with Gasteiger partial charge in [-0.15, -0.1) is 0 Å². The third-order valence-corrected chi connectivity index (χ3v) is 5.69. The molecule has 0 aliphatic carbocycles. The van der Waals surface area contributed by atoms with E-state index < -0.39 is 0 Å². The van der Waals surface area contributed by atoms with Gasteiger partial charge in [0.15, 0.2) is 5.69 Å². The third-order valence-electron chi connectivity index (χ3n) is 5.69. The van der Waals surface area contributed by atoms with Crippen LogP contribution in [0.1, 0.15) is 29.9 Å². The molecule has 168 valence electrons. The number of hydrogen-bond donors (Lipinski definition) is 0. The molecule has 1 fully saturated rings. The third kappa shape index (κ3) is 4.67. The quantitative estimate of drug-likeness (QED) is 0.596. The van der Waals surface area contributed by atoms with Crippen molar-refractivity contribution < 1.29 is 9.53 Å². The van der Waals surface area contributed by atoms with Crippen LogP contribution in [-0.4, -0.2) is 53.9 Å². The molecular weight excluding hydrogens is 404 g/mol. The summed E-state index contributed by atoms with van der Waals surface area (Å²) in [7, 11) is 1.77. The average molecular weight is 435 g/mol. The van der Waals surface area contributed by atoms with E-state index in [1.165, 1.54) is 10.4 Å². The highest BCUT2D eigenvalue weighted by Crippen LogP contribution is 2.19. The molecule has 7 nitrogen and oxygen atoms in total. The first-order chi connectivity index (χ1) is 15.4. The Hall–Kier alpha value is -3.19. The number of carbonyl (C=O) groups is 1. The minimum absolute atomic E-state index is 0.160. The summed E-state index contributed by atoms with van der Waals surface area (Å²) in [6.45, 7) is 8.26. The van der Waals surface area contributed by atoms with Crippen molar-refractivity contribution in [2.45, 2.75) is 26.9 Å². The molecule has 1 aromatic heterocycles. The van der Waals surface area contributed by atoms with Crippen molar-refractivity contribution in [3.8, 4) is 0 Å². The zero-order chi connectivity index (χ0) is 22.7. The SMILES string of the molecule is CC(C)Cn1nc(C(=O)N(C)Cc2ccc(N3CCOCC3)cc2)c2ccccc2c1=O. The highest BCUT2D eigenvalue weighted by atomic mass is 16.5. The molecule has 1 aliphatic heterocycles. The minimum Gasteiger partial charge on any atom is -0.378 e. The van der Waals surface area contributed by atoms with E-state index in [9.17, 15) is 9.59 Å². The molecule has 0 saturated carbocycles. The second-order valence-corrected chi connectivity index (χ2v) is 8.70. The van der Waals surface area contributed by atoms with Gasteiger partial charge in [-0.25, -0.2) is 4.68 Å². The largest absolute Gasteiger partial charge is 0.378 e. The molecular formula is C25H30N4O3. The molecule has 7 heteroatoms. The maximum absolute atomic E-state index is 13.4. The fourth-order valence-corrected chi connectivity index (χ4v) is 4.02. The van der Waals surface area contributed by atoms with E-state index in [4.69, 9.17) is 4.74 Å². The first kappa shape index (κ1) is 22.0. The topological polar surface area (TPSA) is 67.7 Å². The monoisotopic (exact) mass is 434 g/mol. The van der Waals surface area contributed by atoms with Gasteiger partial charge in [-0.1, -0.05) is 44.2 Å². The number of nitrogens with zero attached hydrogens (tertiary/aromatic N) is 4. The lowest BCUT2D eigenvalue weighted by molar-refractivity contribution is 0.0778. The Labute approximate surface area is 188 Å². The van der Waals surface area contributed by atoms with Crippen molar-refractivity contribution in [1.29, 1.82) is 0 Å². The molecule has 0 unspecified atom stereocenters. The summed E-state index contributed by atoms with van der Waals surface area (Å²) in [5, 5.41) is 5.59. The zero-order valence-corrected chi connectivity index (χ0v) is 19.0.